The van der Waals surface area contributed by atoms with Crippen molar-refractivity contribution >= 4 is 33.0 Å². The summed E-state index contributed by atoms with van der Waals surface area (Å²) in [6, 6.07) is 1.35. The standard InChI is InChI=1S/C7H3BrF4OS/c8-3-1-2-14-4(3)5(13)7(11,12)6(9)10/h1-2,6H. The van der Waals surface area contributed by atoms with Gasteiger partial charge in [-0.2, -0.15) is 8.78 Å². The average Bonchev–Trinajstić information content (AvgIpc) is 2.49. The Morgan fingerprint density at radius 3 is 2.43 bits per heavy atom. The monoisotopic (exact) mass is 290 g/mol. The number of thiophene rings is 1. The van der Waals surface area contributed by atoms with E-state index in [1.807, 2.05) is 0 Å². The second kappa shape index (κ2) is 3.98. The third-order valence-corrected chi connectivity index (χ3v) is 3.24. The molecule has 0 fully saturated rings. The summed E-state index contributed by atoms with van der Waals surface area (Å²) >= 11 is 3.51. The molecule has 0 saturated heterocycles. The predicted molar refractivity (Wildman–Crippen MR) is 47.3 cm³/mol. The van der Waals surface area contributed by atoms with Crippen molar-refractivity contribution in [3.63, 3.8) is 0 Å². The van der Waals surface area contributed by atoms with Gasteiger partial charge in [0, 0.05) is 4.47 Å². The SMILES string of the molecule is O=C(c1sccc1Br)C(F)(F)C(F)F. The number of halogens is 5. The number of ketones is 1. The van der Waals surface area contributed by atoms with Crippen molar-refractivity contribution in [3.05, 3.63) is 20.8 Å². The second-order valence-electron chi connectivity index (χ2n) is 2.35. The fourth-order valence-corrected chi connectivity index (χ4v) is 2.24. The Morgan fingerprint density at radius 1 is 1.50 bits per heavy atom. The van der Waals surface area contributed by atoms with Crippen LogP contribution in [0.15, 0.2) is 15.9 Å². The van der Waals surface area contributed by atoms with Crippen molar-refractivity contribution < 1.29 is 22.4 Å². The normalized spacial score (nSPS) is 12.1. The van der Waals surface area contributed by atoms with Crippen molar-refractivity contribution in [3.8, 4) is 0 Å². The third kappa shape index (κ3) is 1.98. The van der Waals surface area contributed by atoms with Crippen LogP contribution in [0, 0.1) is 0 Å². The molecule has 0 aliphatic rings. The summed E-state index contributed by atoms with van der Waals surface area (Å²) in [6.45, 7) is 0. The van der Waals surface area contributed by atoms with Crippen LogP contribution >= 0.6 is 27.3 Å². The molecule has 0 N–H and O–H groups in total. The second-order valence-corrected chi connectivity index (χ2v) is 4.12. The van der Waals surface area contributed by atoms with Gasteiger partial charge in [-0.05, 0) is 27.4 Å². The lowest BCUT2D eigenvalue weighted by Crippen LogP contribution is -2.36. The molecule has 1 rings (SSSR count). The lowest BCUT2D eigenvalue weighted by Gasteiger charge is -2.12. The number of carbonyl (C=O) groups is 1. The molecule has 0 aliphatic carbocycles. The van der Waals surface area contributed by atoms with E-state index in [2.05, 4.69) is 15.9 Å². The van der Waals surface area contributed by atoms with Crippen LogP contribution in [0.3, 0.4) is 0 Å². The van der Waals surface area contributed by atoms with E-state index < -0.39 is 23.0 Å². The van der Waals surface area contributed by atoms with Crippen LogP contribution in [0.1, 0.15) is 9.67 Å². The van der Waals surface area contributed by atoms with Crippen molar-refractivity contribution in [2.75, 3.05) is 0 Å². The van der Waals surface area contributed by atoms with Crippen LogP contribution in [-0.4, -0.2) is 18.1 Å². The number of Topliss-reactive ketones (excluding diaryl/α,β-unsaturated/α-hetero) is 1. The first-order valence-corrected chi connectivity index (χ1v) is 4.98. The topological polar surface area (TPSA) is 17.1 Å². The fourth-order valence-electron chi connectivity index (χ4n) is 0.706. The molecule has 78 valence electrons. The van der Waals surface area contributed by atoms with Crippen molar-refractivity contribution in [1.29, 1.82) is 0 Å². The molecular formula is C7H3BrF4OS. The van der Waals surface area contributed by atoms with E-state index in [1.54, 1.807) is 0 Å². The van der Waals surface area contributed by atoms with E-state index >= 15 is 0 Å². The van der Waals surface area contributed by atoms with Gasteiger partial charge in [-0.25, -0.2) is 8.78 Å². The number of rotatable bonds is 3. The molecule has 0 spiro atoms. The Balaban J connectivity index is 3.02. The van der Waals surface area contributed by atoms with Gasteiger partial charge in [-0.1, -0.05) is 0 Å². The lowest BCUT2D eigenvalue weighted by molar-refractivity contribution is -0.0956. The highest BCUT2D eigenvalue weighted by Gasteiger charge is 2.50. The zero-order chi connectivity index (χ0) is 10.9. The number of carbonyl (C=O) groups excluding carboxylic acids is 1. The predicted octanol–water partition coefficient (Wildman–Crippen LogP) is 3.59. The molecule has 0 aliphatic heterocycles. The van der Waals surface area contributed by atoms with Gasteiger partial charge in [0.05, 0.1) is 4.88 Å². The minimum Gasteiger partial charge on any atom is -0.286 e. The number of hydrogen-bond donors (Lipinski definition) is 0. The number of alkyl halides is 4. The molecule has 0 saturated carbocycles. The van der Waals surface area contributed by atoms with Gasteiger partial charge in [0.15, 0.2) is 0 Å². The van der Waals surface area contributed by atoms with Gasteiger partial charge in [-0.15, -0.1) is 11.3 Å². The molecule has 1 aromatic rings. The van der Waals surface area contributed by atoms with E-state index in [0.29, 0.717) is 11.3 Å². The van der Waals surface area contributed by atoms with Crippen LogP contribution < -0.4 is 0 Å². The van der Waals surface area contributed by atoms with Crippen molar-refractivity contribution in [2.24, 2.45) is 0 Å². The van der Waals surface area contributed by atoms with Crippen molar-refractivity contribution in [1.82, 2.24) is 0 Å². The molecule has 1 aromatic heterocycles. The first kappa shape index (κ1) is 11.6. The Morgan fingerprint density at radius 2 is 2.07 bits per heavy atom. The lowest BCUT2D eigenvalue weighted by atomic mass is 10.2. The van der Waals surface area contributed by atoms with Gasteiger partial charge in [-0.3, -0.25) is 4.79 Å². The Hall–Kier alpha value is -0.430. The third-order valence-electron chi connectivity index (χ3n) is 1.40. The van der Waals surface area contributed by atoms with E-state index in [9.17, 15) is 22.4 Å². The molecule has 1 heterocycles. The van der Waals surface area contributed by atoms with E-state index in [-0.39, 0.29) is 4.47 Å². The summed E-state index contributed by atoms with van der Waals surface area (Å²) in [5, 5.41) is 1.36. The Bertz CT molecular complexity index is 349. The summed E-state index contributed by atoms with van der Waals surface area (Å²) in [5.74, 6) is -6.47. The molecule has 0 atom stereocenters. The van der Waals surface area contributed by atoms with Gasteiger partial charge in [0.25, 0.3) is 0 Å². The van der Waals surface area contributed by atoms with E-state index in [1.165, 1.54) is 11.4 Å². The molecule has 0 bridgehead atoms. The van der Waals surface area contributed by atoms with Gasteiger partial charge in [0.1, 0.15) is 0 Å². The maximum Gasteiger partial charge on any atom is 0.369 e. The molecule has 0 radical (unpaired) electrons. The quantitative estimate of drug-likeness (QED) is 0.614. The Labute approximate surface area is 88.9 Å². The highest BCUT2D eigenvalue weighted by atomic mass is 79.9. The molecule has 0 amide bonds. The summed E-state index contributed by atoms with van der Waals surface area (Å²) in [7, 11) is 0. The first-order valence-electron chi connectivity index (χ1n) is 3.31. The Kier molecular flexibility index (Phi) is 3.31. The molecule has 14 heavy (non-hydrogen) atoms. The maximum absolute atomic E-state index is 12.6. The van der Waals surface area contributed by atoms with Crippen molar-refractivity contribution in [2.45, 2.75) is 12.3 Å². The van der Waals surface area contributed by atoms with Gasteiger partial charge >= 0.3 is 12.3 Å². The van der Waals surface area contributed by atoms with Gasteiger partial charge in [0.2, 0.25) is 5.78 Å². The summed E-state index contributed by atoms with van der Waals surface area (Å²) in [6.07, 6.45) is -3.98. The summed E-state index contributed by atoms with van der Waals surface area (Å²) in [5.41, 5.74) is 0. The van der Waals surface area contributed by atoms with Gasteiger partial charge < -0.3 is 0 Å². The molecule has 1 nitrogen and oxygen atoms in total. The minimum atomic E-state index is -4.62. The molecule has 0 aromatic carbocycles. The first-order chi connectivity index (χ1) is 6.37. The summed E-state index contributed by atoms with van der Waals surface area (Å²) < 4.78 is 48.9. The zero-order valence-corrected chi connectivity index (χ0v) is 8.84. The fraction of sp³-hybridized carbons (Fsp3) is 0.286. The summed E-state index contributed by atoms with van der Waals surface area (Å²) in [4.78, 5) is 10.5. The van der Waals surface area contributed by atoms with E-state index in [0.717, 1.165) is 0 Å². The smallest absolute Gasteiger partial charge is 0.286 e. The minimum absolute atomic E-state index is 0.104. The van der Waals surface area contributed by atoms with Crippen LogP contribution in [0.25, 0.3) is 0 Å². The zero-order valence-electron chi connectivity index (χ0n) is 6.44. The molecular weight excluding hydrogens is 288 g/mol. The largest absolute Gasteiger partial charge is 0.369 e. The highest BCUT2D eigenvalue weighted by molar-refractivity contribution is 9.10. The molecule has 7 heteroatoms. The number of hydrogen-bond acceptors (Lipinski definition) is 2. The average molecular weight is 291 g/mol. The molecule has 0 unspecified atom stereocenters. The maximum atomic E-state index is 12.6. The highest BCUT2D eigenvalue weighted by Crippen LogP contribution is 2.32. The van der Waals surface area contributed by atoms with E-state index in [4.69, 9.17) is 0 Å². The van der Waals surface area contributed by atoms with Crippen LogP contribution in [0.5, 0.6) is 0 Å². The van der Waals surface area contributed by atoms with Crippen LogP contribution in [0.2, 0.25) is 0 Å². The van der Waals surface area contributed by atoms with Crippen LogP contribution in [-0.2, 0) is 0 Å². The van der Waals surface area contributed by atoms with Crippen LogP contribution in [0.4, 0.5) is 17.6 Å².